The summed E-state index contributed by atoms with van der Waals surface area (Å²) in [5, 5.41) is 3.57. The summed E-state index contributed by atoms with van der Waals surface area (Å²) in [4.78, 5) is 2.34. The Morgan fingerprint density at radius 2 is 2.19 bits per heavy atom. The van der Waals surface area contributed by atoms with Crippen molar-refractivity contribution >= 4 is 0 Å². The number of nitrogens with one attached hydrogen (secondary N) is 1. The topological polar surface area (TPSA) is 24.5 Å². The van der Waals surface area contributed by atoms with Gasteiger partial charge in [-0.3, -0.25) is 4.90 Å². The van der Waals surface area contributed by atoms with Crippen molar-refractivity contribution < 1.29 is 4.74 Å². The Labute approximate surface area is 99.5 Å². The van der Waals surface area contributed by atoms with Crippen LogP contribution in [0.5, 0.6) is 0 Å². The molecule has 0 amide bonds. The third-order valence-corrected chi connectivity index (χ3v) is 3.05. The van der Waals surface area contributed by atoms with E-state index in [-0.39, 0.29) is 0 Å². The van der Waals surface area contributed by atoms with Gasteiger partial charge >= 0.3 is 0 Å². The maximum absolute atomic E-state index is 5.49. The largest absolute Gasteiger partial charge is 0.377 e. The molecule has 0 saturated carbocycles. The molecule has 1 heterocycles. The van der Waals surface area contributed by atoms with Crippen molar-refractivity contribution in [2.45, 2.75) is 38.8 Å². The van der Waals surface area contributed by atoms with Crippen molar-refractivity contribution in [2.24, 2.45) is 0 Å². The summed E-state index contributed by atoms with van der Waals surface area (Å²) in [7, 11) is 0. The van der Waals surface area contributed by atoms with Gasteiger partial charge in [-0.15, -0.1) is 6.42 Å². The molecule has 1 aliphatic heterocycles. The number of rotatable bonds is 6. The Morgan fingerprint density at radius 3 is 2.75 bits per heavy atom. The van der Waals surface area contributed by atoms with E-state index in [0.717, 1.165) is 32.8 Å². The first kappa shape index (κ1) is 13.5. The molecule has 0 aromatic heterocycles. The van der Waals surface area contributed by atoms with E-state index >= 15 is 0 Å². The Balaban J connectivity index is 2.10. The first-order valence-electron chi connectivity index (χ1n) is 6.27. The molecule has 1 aliphatic rings. The van der Waals surface area contributed by atoms with Crippen LogP contribution in [0.15, 0.2) is 0 Å². The van der Waals surface area contributed by atoms with Crippen molar-refractivity contribution in [3.63, 3.8) is 0 Å². The van der Waals surface area contributed by atoms with Crippen LogP contribution in [0.4, 0.5) is 0 Å². The minimum atomic E-state index is 0.314. The number of likely N-dealkylation sites (tertiary alicyclic amines) is 1. The fraction of sp³-hybridized carbons (Fsp3) is 0.846. The van der Waals surface area contributed by atoms with E-state index in [4.69, 9.17) is 11.2 Å². The van der Waals surface area contributed by atoms with Crippen LogP contribution in [0.1, 0.15) is 26.7 Å². The van der Waals surface area contributed by atoms with Gasteiger partial charge in [-0.05, 0) is 26.7 Å². The summed E-state index contributed by atoms with van der Waals surface area (Å²) in [5.41, 5.74) is 0. The summed E-state index contributed by atoms with van der Waals surface area (Å²) in [6.45, 7) is 8.92. The lowest BCUT2D eigenvalue weighted by atomic mass is 10.0. The highest BCUT2D eigenvalue weighted by Crippen LogP contribution is 2.09. The average Bonchev–Trinajstić information content (AvgIpc) is 2.29. The standard InChI is InChI=1S/C13H24N2O/c1-4-8-15-9-6-13(7-10-15)14-11-12(3)16-5-2/h1,12-14H,5-11H2,2-3H3. The Hall–Kier alpha value is -0.560. The molecule has 0 bridgehead atoms. The SMILES string of the molecule is C#CCN1CCC(NCC(C)OCC)CC1. The number of terminal acetylenes is 1. The quantitative estimate of drug-likeness (QED) is 0.684. The third-order valence-electron chi connectivity index (χ3n) is 3.05. The summed E-state index contributed by atoms with van der Waals surface area (Å²) in [6.07, 6.45) is 8.01. The van der Waals surface area contributed by atoms with Gasteiger partial charge in [0.25, 0.3) is 0 Å². The normalized spacial score (nSPS) is 20.6. The molecular formula is C13H24N2O. The minimum Gasteiger partial charge on any atom is -0.377 e. The second-order valence-corrected chi connectivity index (χ2v) is 4.43. The van der Waals surface area contributed by atoms with Crippen molar-refractivity contribution in [3.8, 4) is 12.3 Å². The number of ether oxygens (including phenoxy) is 1. The number of hydrogen-bond acceptors (Lipinski definition) is 3. The third kappa shape index (κ3) is 4.98. The van der Waals surface area contributed by atoms with Gasteiger partial charge in [0.15, 0.2) is 0 Å². The van der Waals surface area contributed by atoms with E-state index in [9.17, 15) is 0 Å². The van der Waals surface area contributed by atoms with E-state index in [1.165, 1.54) is 12.8 Å². The Bertz CT molecular complexity index is 216. The van der Waals surface area contributed by atoms with Crippen LogP contribution in [0, 0.1) is 12.3 Å². The van der Waals surface area contributed by atoms with Gasteiger partial charge in [0.1, 0.15) is 0 Å². The van der Waals surface area contributed by atoms with E-state index in [1.54, 1.807) is 0 Å². The monoisotopic (exact) mass is 224 g/mol. The number of nitrogens with zero attached hydrogens (tertiary/aromatic N) is 1. The highest BCUT2D eigenvalue weighted by Gasteiger charge is 2.18. The lowest BCUT2D eigenvalue weighted by Gasteiger charge is -2.31. The molecule has 1 atom stereocenters. The zero-order valence-corrected chi connectivity index (χ0v) is 10.5. The van der Waals surface area contributed by atoms with Crippen LogP contribution >= 0.6 is 0 Å². The minimum absolute atomic E-state index is 0.314. The Kier molecular flexibility index (Phi) is 6.47. The lowest BCUT2D eigenvalue weighted by Crippen LogP contribution is -2.44. The van der Waals surface area contributed by atoms with Gasteiger partial charge in [-0.1, -0.05) is 5.92 Å². The van der Waals surface area contributed by atoms with Gasteiger partial charge in [-0.25, -0.2) is 0 Å². The Morgan fingerprint density at radius 1 is 1.50 bits per heavy atom. The van der Waals surface area contributed by atoms with Gasteiger partial charge in [0.2, 0.25) is 0 Å². The highest BCUT2D eigenvalue weighted by atomic mass is 16.5. The fourth-order valence-corrected chi connectivity index (χ4v) is 2.10. The zero-order valence-electron chi connectivity index (χ0n) is 10.5. The van der Waals surface area contributed by atoms with Crippen molar-refractivity contribution in [1.29, 1.82) is 0 Å². The molecule has 0 spiro atoms. The molecule has 1 saturated heterocycles. The molecule has 0 aromatic carbocycles. The second-order valence-electron chi connectivity index (χ2n) is 4.43. The van der Waals surface area contributed by atoms with E-state index in [2.05, 4.69) is 23.1 Å². The summed E-state index contributed by atoms with van der Waals surface area (Å²) in [5.74, 6) is 2.70. The molecule has 0 aromatic rings. The molecule has 1 unspecified atom stereocenters. The van der Waals surface area contributed by atoms with Crippen LogP contribution in [0.25, 0.3) is 0 Å². The van der Waals surface area contributed by atoms with E-state index in [1.807, 2.05) is 6.92 Å². The maximum atomic E-state index is 5.49. The van der Waals surface area contributed by atoms with Gasteiger partial charge in [-0.2, -0.15) is 0 Å². The fourth-order valence-electron chi connectivity index (χ4n) is 2.10. The summed E-state index contributed by atoms with van der Waals surface area (Å²) >= 11 is 0. The molecule has 3 heteroatoms. The van der Waals surface area contributed by atoms with Crippen molar-refractivity contribution in [2.75, 3.05) is 32.8 Å². The predicted molar refractivity (Wildman–Crippen MR) is 67.4 cm³/mol. The molecule has 0 radical (unpaired) electrons. The van der Waals surface area contributed by atoms with Gasteiger partial charge in [0.05, 0.1) is 12.6 Å². The smallest absolute Gasteiger partial charge is 0.0671 e. The molecule has 1 rings (SSSR count). The molecule has 3 nitrogen and oxygen atoms in total. The molecule has 1 N–H and O–H groups in total. The second kappa shape index (κ2) is 7.67. The number of hydrogen-bond donors (Lipinski definition) is 1. The average molecular weight is 224 g/mol. The first-order chi connectivity index (χ1) is 7.76. The van der Waals surface area contributed by atoms with Crippen LogP contribution in [0.3, 0.4) is 0 Å². The van der Waals surface area contributed by atoms with E-state index < -0.39 is 0 Å². The van der Waals surface area contributed by atoms with Crippen LogP contribution in [0.2, 0.25) is 0 Å². The number of piperidine rings is 1. The predicted octanol–water partition coefficient (Wildman–Crippen LogP) is 1.10. The van der Waals surface area contributed by atoms with Gasteiger partial charge in [0, 0.05) is 32.3 Å². The highest BCUT2D eigenvalue weighted by molar-refractivity contribution is 4.90. The molecule has 16 heavy (non-hydrogen) atoms. The van der Waals surface area contributed by atoms with Crippen LogP contribution < -0.4 is 5.32 Å². The maximum Gasteiger partial charge on any atom is 0.0671 e. The van der Waals surface area contributed by atoms with Crippen LogP contribution in [-0.2, 0) is 4.74 Å². The van der Waals surface area contributed by atoms with Crippen LogP contribution in [-0.4, -0.2) is 49.8 Å². The van der Waals surface area contributed by atoms with Crippen molar-refractivity contribution in [3.05, 3.63) is 0 Å². The lowest BCUT2D eigenvalue weighted by molar-refractivity contribution is 0.0712. The summed E-state index contributed by atoms with van der Waals surface area (Å²) < 4.78 is 5.49. The molecule has 1 fully saturated rings. The van der Waals surface area contributed by atoms with E-state index in [0.29, 0.717) is 12.1 Å². The first-order valence-corrected chi connectivity index (χ1v) is 6.27. The molecular weight excluding hydrogens is 200 g/mol. The van der Waals surface area contributed by atoms with Gasteiger partial charge < -0.3 is 10.1 Å². The zero-order chi connectivity index (χ0) is 11.8. The molecule has 0 aliphatic carbocycles. The molecule has 92 valence electrons. The van der Waals surface area contributed by atoms with Crippen molar-refractivity contribution in [1.82, 2.24) is 10.2 Å². The summed E-state index contributed by atoms with van der Waals surface area (Å²) in [6, 6.07) is 0.636.